The van der Waals surface area contributed by atoms with Crippen molar-refractivity contribution >= 4 is 32.8 Å². The highest BCUT2D eigenvalue weighted by molar-refractivity contribution is 9.10. The molecular weight excluding hydrogens is 382 g/mol. The molecule has 0 aliphatic heterocycles. The van der Waals surface area contributed by atoms with Gasteiger partial charge in [-0.2, -0.15) is 5.10 Å². The van der Waals surface area contributed by atoms with E-state index >= 15 is 0 Å². The van der Waals surface area contributed by atoms with Crippen molar-refractivity contribution in [2.24, 2.45) is 0 Å². The number of nitrogens with two attached hydrogens (primary N) is 1. The Balaban J connectivity index is 1.84. The van der Waals surface area contributed by atoms with Crippen LogP contribution in [0, 0.1) is 0 Å². The van der Waals surface area contributed by atoms with E-state index in [1.54, 1.807) is 0 Å². The molecule has 25 heavy (non-hydrogen) atoms. The third-order valence-electron chi connectivity index (χ3n) is 5.01. The number of anilines is 1. The van der Waals surface area contributed by atoms with E-state index < -0.39 is 5.60 Å². The molecule has 2 heterocycles. The molecular formula is C18H20BrN5O. The summed E-state index contributed by atoms with van der Waals surface area (Å²) in [6.07, 6.45) is 4.74. The Morgan fingerprint density at radius 1 is 1.20 bits per heavy atom. The summed E-state index contributed by atoms with van der Waals surface area (Å²) in [5, 5.41) is 15.9. The zero-order chi connectivity index (χ0) is 17.6. The van der Waals surface area contributed by atoms with Crippen LogP contribution in [0.2, 0.25) is 0 Å². The van der Waals surface area contributed by atoms with Crippen LogP contribution in [0.15, 0.2) is 35.1 Å². The normalized spacial score (nSPS) is 23.9. The molecule has 0 saturated heterocycles. The number of benzene rings is 1. The molecule has 1 aliphatic rings. The molecule has 6 nitrogen and oxygen atoms in total. The van der Waals surface area contributed by atoms with E-state index in [2.05, 4.69) is 25.9 Å². The molecule has 7 heteroatoms. The fraction of sp³-hybridized carbons (Fsp3) is 0.389. The molecule has 0 unspecified atom stereocenters. The van der Waals surface area contributed by atoms with Crippen LogP contribution in [0.4, 0.5) is 5.82 Å². The fourth-order valence-corrected chi connectivity index (χ4v) is 3.79. The van der Waals surface area contributed by atoms with Gasteiger partial charge < -0.3 is 10.8 Å². The molecule has 1 saturated carbocycles. The molecule has 3 aromatic rings. The van der Waals surface area contributed by atoms with E-state index in [0.717, 1.165) is 52.4 Å². The predicted molar refractivity (Wildman–Crippen MR) is 101 cm³/mol. The molecule has 2 aromatic heterocycles. The van der Waals surface area contributed by atoms with Gasteiger partial charge in [-0.15, -0.1) is 0 Å². The van der Waals surface area contributed by atoms with Gasteiger partial charge >= 0.3 is 0 Å². The summed E-state index contributed by atoms with van der Waals surface area (Å²) in [5.74, 6) is 0.442. The van der Waals surface area contributed by atoms with Gasteiger partial charge in [0.05, 0.1) is 17.0 Å². The van der Waals surface area contributed by atoms with Crippen LogP contribution >= 0.6 is 15.9 Å². The number of hydrogen-bond acceptors (Lipinski definition) is 5. The first-order valence-corrected chi connectivity index (χ1v) is 9.21. The van der Waals surface area contributed by atoms with Crippen molar-refractivity contribution in [1.29, 1.82) is 0 Å². The van der Waals surface area contributed by atoms with Gasteiger partial charge in [0, 0.05) is 10.0 Å². The van der Waals surface area contributed by atoms with Crippen molar-refractivity contribution in [3.63, 3.8) is 0 Å². The SMILES string of the molecule is CC1(O)CCC(n2nc(-c3ccc(Br)cc3)c3c(N)ncnc32)CC1. The lowest BCUT2D eigenvalue weighted by molar-refractivity contribution is 0.00900. The second-order valence-electron chi connectivity index (χ2n) is 6.99. The minimum absolute atomic E-state index is 0.209. The predicted octanol–water partition coefficient (Wildman–Crippen LogP) is 3.70. The minimum Gasteiger partial charge on any atom is -0.390 e. The second kappa shape index (κ2) is 6.07. The van der Waals surface area contributed by atoms with Crippen molar-refractivity contribution < 1.29 is 5.11 Å². The van der Waals surface area contributed by atoms with Crippen LogP contribution < -0.4 is 5.73 Å². The van der Waals surface area contributed by atoms with Crippen LogP contribution in [-0.4, -0.2) is 30.5 Å². The van der Waals surface area contributed by atoms with Crippen molar-refractivity contribution in [3.8, 4) is 11.3 Å². The standard InChI is InChI=1S/C18H20BrN5O/c1-18(25)8-6-13(7-9-18)24-17-14(16(20)21-10-22-17)15(23-24)11-2-4-12(19)5-3-11/h2-5,10,13,25H,6-9H2,1H3,(H2,20,21,22). The second-order valence-corrected chi connectivity index (χ2v) is 7.90. The van der Waals surface area contributed by atoms with Crippen LogP contribution in [0.3, 0.4) is 0 Å². The Labute approximate surface area is 154 Å². The van der Waals surface area contributed by atoms with Gasteiger partial charge in [0.2, 0.25) is 0 Å². The summed E-state index contributed by atoms with van der Waals surface area (Å²) >= 11 is 3.46. The molecule has 0 radical (unpaired) electrons. The maximum atomic E-state index is 10.2. The first-order valence-electron chi connectivity index (χ1n) is 8.42. The van der Waals surface area contributed by atoms with E-state index in [4.69, 9.17) is 10.8 Å². The molecule has 1 aromatic carbocycles. The monoisotopic (exact) mass is 401 g/mol. The number of rotatable bonds is 2. The Morgan fingerprint density at radius 3 is 2.56 bits per heavy atom. The quantitative estimate of drug-likeness (QED) is 0.682. The summed E-state index contributed by atoms with van der Waals surface area (Å²) in [7, 11) is 0. The maximum Gasteiger partial charge on any atom is 0.164 e. The summed E-state index contributed by atoms with van der Waals surface area (Å²) in [5.41, 5.74) is 8.12. The van der Waals surface area contributed by atoms with Crippen LogP contribution in [0.25, 0.3) is 22.3 Å². The van der Waals surface area contributed by atoms with Crippen LogP contribution in [-0.2, 0) is 0 Å². The van der Waals surface area contributed by atoms with E-state index in [9.17, 15) is 5.11 Å². The highest BCUT2D eigenvalue weighted by Gasteiger charge is 2.31. The minimum atomic E-state index is -0.581. The summed E-state index contributed by atoms with van der Waals surface area (Å²) in [4.78, 5) is 8.61. The third-order valence-corrected chi connectivity index (χ3v) is 5.54. The molecule has 1 fully saturated rings. The van der Waals surface area contributed by atoms with Crippen LogP contribution in [0.1, 0.15) is 38.6 Å². The van der Waals surface area contributed by atoms with Crippen LogP contribution in [0.5, 0.6) is 0 Å². The van der Waals surface area contributed by atoms with E-state index in [-0.39, 0.29) is 6.04 Å². The van der Waals surface area contributed by atoms with Crippen molar-refractivity contribution in [3.05, 3.63) is 35.1 Å². The number of aromatic nitrogens is 4. The van der Waals surface area contributed by atoms with Gasteiger partial charge in [0.15, 0.2) is 5.65 Å². The number of halogens is 1. The lowest BCUT2D eigenvalue weighted by Gasteiger charge is -2.33. The maximum absolute atomic E-state index is 10.2. The van der Waals surface area contributed by atoms with Gasteiger partial charge in [-0.05, 0) is 44.7 Å². The first kappa shape index (κ1) is 16.5. The lowest BCUT2D eigenvalue weighted by Crippen LogP contribution is -2.31. The highest BCUT2D eigenvalue weighted by atomic mass is 79.9. The zero-order valence-electron chi connectivity index (χ0n) is 14.0. The van der Waals surface area contributed by atoms with E-state index in [1.807, 2.05) is 35.9 Å². The Hall–Kier alpha value is -1.99. The number of fused-ring (bicyclic) bond motifs is 1. The average Bonchev–Trinajstić information content (AvgIpc) is 2.97. The van der Waals surface area contributed by atoms with E-state index in [0.29, 0.717) is 5.82 Å². The van der Waals surface area contributed by atoms with Gasteiger partial charge in [0.25, 0.3) is 0 Å². The zero-order valence-corrected chi connectivity index (χ0v) is 15.6. The number of nitrogens with zero attached hydrogens (tertiary/aromatic N) is 4. The molecule has 3 N–H and O–H groups in total. The van der Waals surface area contributed by atoms with Crippen molar-refractivity contribution in [2.75, 3.05) is 5.73 Å². The van der Waals surface area contributed by atoms with Gasteiger partial charge in [0.1, 0.15) is 17.8 Å². The molecule has 130 valence electrons. The van der Waals surface area contributed by atoms with Gasteiger partial charge in [-0.3, -0.25) is 0 Å². The summed E-state index contributed by atoms with van der Waals surface area (Å²) < 4.78 is 2.98. The molecule has 1 aliphatic carbocycles. The van der Waals surface area contributed by atoms with Gasteiger partial charge in [-0.25, -0.2) is 14.6 Å². The molecule has 0 atom stereocenters. The summed E-state index contributed by atoms with van der Waals surface area (Å²) in [6, 6.07) is 8.19. The largest absolute Gasteiger partial charge is 0.390 e. The molecule has 0 bridgehead atoms. The van der Waals surface area contributed by atoms with Crippen molar-refractivity contribution in [2.45, 2.75) is 44.2 Å². The Kier molecular flexibility index (Phi) is 4.00. The summed E-state index contributed by atoms with van der Waals surface area (Å²) in [6.45, 7) is 1.90. The number of aliphatic hydroxyl groups is 1. The Bertz CT molecular complexity index is 909. The van der Waals surface area contributed by atoms with E-state index in [1.165, 1.54) is 6.33 Å². The number of nitrogen functional groups attached to an aromatic ring is 1. The third kappa shape index (κ3) is 3.02. The molecule has 4 rings (SSSR count). The first-order chi connectivity index (χ1) is 11.9. The van der Waals surface area contributed by atoms with Crippen molar-refractivity contribution in [1.82, 2.24) is 19.7 Å². The smallest absolute Gasteiger partial charge is 0.164 e. The molecule has 0 spiro atoms. The fourth-order valence-electron chi connectivity index (χ4n) is 3.53. The molecule has 0 amide bonds. The Morgan fingerprint density at radius 2 is 1.88 bits per heavy atom. The lowest BCUT2D eigenvalue weighted by atomic mass is 9.84. The van der Waals surface area contributed by atoms with Gasteiger partial charge in [-0.1, -0.05) is 28.1 Å². The average molecular weight is 402 g/mol. The highest BCUT2D eigenvalue weighted by Crippen LogP contribution is 2.38. The topological polar surface area (TPSA) is 89.8 Å². The number of hydrogen-bond donors (Lipinski definition) is 2.